The number of hydrogen-bond donors (Lipinski definition) is 2. The van der Waals surface area contributed by atoms with Gasteiger partial charge in [-0.2, -0.15) is 0 Å². The normalized spacial score (nSPS) is 17.7. The van der Waals surface area contributed by atoms with Gasteiger partial charge in [0.1, 0.15) is 17.3 Å². The third kappa shape index (κ3) is 3.61. The maximum absolute atomic E-state index is 13.0. The van der Waals surface area contributed by atoms with Gasteiger partial charge >= 0.3 is 0 Å². The van der Waals surface area contributed by atoms with Crippen LogP contribution in [0.15, 0.2) is 78.6 Å². The van der Waals surface area contributed by atoms with E-state index in [0.29, 0.717) is 23.5 Å². The predicted molar refractivity (Wildman–Crippen MR) is 115 cm³/mol. The summed E-state index contributed by atoms with van der Waals surface area (Å²) < 4.78 is 5.42. The van der Waals surface area contributed by atoms with E-state index in [4.69, 9.17) is 4.74 Å². The average Bonchev–Trinajstić information content (AvgIpc) is 3.05. The molecule has 2 N–H and O–H groups in total. The summed E-state index contributed by atoms with van der Waals surface area (Å²) in [6.07, 6.45) is 3.08. The van der Waals surface area contributed by atoms with Crippen molar-refractivity contribution in [2.24, 2.45) is 0 Å². The number of ketones is 1. The van der Waals surface area contributed by atoms with Crippen LogP contribution in [0.2, 0.25) is 0 Å². The van der Waals surface area contributed by atoms with E-state index in [0.717, 1.165) is 0 Å². The fraction of sp³-hybridized carbons (Fsp3) is 0.125. The minimum atomic E-state index is -0.928. The minimum absolute atomic E-state index is 0.0661. The fourth-order valence-corrected chi connectivity index (χ4v) is 3.64. The van der Waals surface area contributed by atoms with E-state index in [2.05, 4.69) is 4.98 Å². The van der Waals surface area contributed by atoms with Crippen LogP contribution in [0.25, 0.3) is 5.76 Å². The second kappa shape index (κ2) is 8.31. The molecule has 2 aromatic carbocycles. The second-order valence-electron chi connectivity index (χ2n) is 6.90. The van der Waals surface area contributed by atoms with E-state index < -0.39 is 17.7 Å². The monoisotopic (exact) mass is 416 g/mol. The van der Waals surface area contributed by atoms with Crippen LogP contribution in [0.1, 0.15) is 24.1 Å². The molecule has 3 aromatic rings. The third-order valence-corrected chi connectivity index (χ3v) is 5.05. The summed E-state index contributed by atoms with van der Waals surface area (Å²) in [7, 11) is 0. The summed E-state index contributed by atoms with van der Waals surface area (Å²) >= 11 is 0. The van der Waals surface area contributed by atoms with Gasteiger partial charge in [-0.05, 0) is 61.0 Å². The molecule has 1 unspecified atom stereocenters. The van der Waals surface area contributed by atoms with E-state index in [1.54, 1.807) is 54.6 Å². The van der Waals surface area contributed by atoms with Gasteiger partial charge in [0.2, 0.25) is 0 Å². The Morgan fingerprint density at radius 2 is 1.71 bits per heavy atom. The van der Waals surface area contributed by atoms with Crippen molar-refractivity contribution in [2.75, 3.05) is 11.5 Å². The largest absolute Gasteiger partial charge is 0.507 e. The van der Waals surface area contributed by atoms with Crippen LogP contribution >= 0.6 is 0 Å². The number of ether oxygens (including phenoxy) is 1. The maximum Gasteiger partial charge on any atom is 0.300 e. The first-order valence-corrected chi connectivity index (χ1v) is 9.75. The minimum Gasteiger partial charge on any atom is -0.507 e. The molecule has 7 heteroatoms. The molecule has 31 heavy (non-hydrogen) atoms. The molecule has 1 aromatic heterocycles. The molecule has 0 radical (unpaired) electrons. The number of carbonyl (C=O) groups excluding carboxylic acids is 2. The summed E-state index contributed by atoms with van der Waals surface area (Å²) in [6.45, 7) is 2.36. The van der Waals surface area contributed by atoms with Crippen LogP contribution < -0.4 is 9.64 Å². The zero-order chi connectivity index (χ0) is 22.0. The van der Waals surface area contributed by atoms with E-state index >= 15 is 0 Å². The molecule has 0 aliphatic carbocycles. The number of pyridine rings is 1. The Hall–Kier alpha value is -4.13. The van der Waals surface area contributed by atoms with Crippen molar-refractivity contribution in [1.82, 2.24) is 4.98 Å². The number of aromatic hydroxyl groups is 1. The molecule has 156 valence electrons. The Kier molecular flexibility index (Phi) is 5.41. The van der Waals surface area contributed by atoms with Crippen molar-refractivity contribution in [3.8, 4) is 11.5 Å². The van der Waals surface area contributed by atoms with Crippen molar-refractivity contribution in [1.29, 1.82) is 0 Å². The number of amides is 1. The van der Waals surface area contributed by atoms with Gasteiger partial charge < -0.3 is 14.9 Å². The van der Waals surface area contributed by atoms with Crippen LogP contribution in [0.3, 0.4) is 0 Å². The molecular formula is C24H20N2O5. The quantitative estimate of drug-likeness (QED) is 0.373. The van der Waals surface area contributed by atoms with Gasteiger partial charge in [0.15, 0.2) is 0 Å². The molecule has 1 atom stereocenters. The highest BCUT2D eigenvalue weighted by molar-refractivity contribution is 6.51. The molecule has 1 amide bonds. The first-order valence-electron chi connectivity index (χ1n) is 9.75. The highest BCUT2D eigenvalue weighted by Crippen LogP contribution is 2.44. The number of phenols is 1. The molecule has 0 spiro atoms. The Balaban J connectivity index is 1.89. The number of rotatable bonds is 5. The number of para-hydroxylation sites is 2. The van der Waals surface area contributed by atoms with Gasteiger partial charge in [0.05, 0.1) is 23.9 Å². The number of carbonyl (C=O) groups is 2. The standard InChI is InChI=1S/C24H20N2O5/c1-2-31-17-9-7-16(8-10-17)22(28)20-21(15-11-13-25-14-12-15)26(24(30)23(20)29)18-5-3-4-6-19(18)27/h3-14,21,27-28H,2H2,1H3/b22-20+. The SMILES string of the molecule is CCOc1ccc(/C(O)=C2\C(=O)C(=O)N(c3ccccc3O)C2c2ccncc2)cc1. The number of aliphatic hydroxyl groups is 1. The molecule has 4 rings (SSSR count). The maximum atomic E-state index is 13.0. The smallest absolute Gasteiger partial charge is 0.300 e. The summed E-state index contributed by atoms with van der Waals surface area (Å²) in [4.78, 5) is 31.2. The first kappa shape index (κ1) is 20.2. The summed E-state index contributed by atoms with van der Waals surface area (Å²) in [5.41, 5.74) is 1.06. The van der Waals surface area contributed by atoms with Crippen LogP contribution in [0.5, 0.6) is 11.5 Å². The molecular weight excluding hydrogens is 396 g/mol. The van der Waals surface area contributed by atoms with Crippen LogP contribution in [0.4, 0.5) is 5.69 Å². The summed E-state index contributed by atoms with van der Waals surface area (Å²) in [5.74, 6) is -1.50. The van der Waals surface area contributed by atoms with Gasteiger partial charge in [0, 0.05) is 18.0 Å². The lowest BCUT2D eigenvalue weighted by atomic mass is 9.95. The zero-order valence-corrected chi connectivity index (χ0v) is 16.7. The summed E-state index contributed by atoms with van der Waals surface area (Å²) in [6, 6.07) is 15.3. The predicted octanol–water partition coefficient (Wildman–Crippen LogP) is 3.81. The van der Waals surface area contributed by atoms with Crippen molar-refractivity contribution in [3.63, 3.8) is 0 Å². The average molecular weight is 416 g/mol. The van der Waals surface area contributed by atoms with Crippen LogP contribution in [-0.4, -0.2) is 33.5 Å². The Labute approximate surface area is 178 Å². The van der Waals surface area contributed by atoms with Crippen LogP contribution in [0, 0.1) is 0 Å². The van der Waals surface area contributed by atoms with Crippen molar-refractivity contribution in [2.45, 2.75) is 13.0 Å². The summed E-state index contributed by atoms with van der Waals surface area (Å²) in [5, 5.41) is 21.4. The zero-order valence-electron chi connectivity index (χ0n) is 16.7. The highest BCUT2D eigenvalue weighted by Gasteiger charge is 2.47. The van der Waals surface area contributed by atoms with Gasteiger partial charge in [-0.15, -0.1) is 0 Å². The molecule has 0 saturated carbocycles. The van der Waals surface area contributed by atoms with Gasteiger partial charge in [0.25, 0.3) is 11.7 Å². The number of nitrogens with zero attached hydrogens (tertiary/aromatic N) is 2. The molecule has 2 heterocycles. The van der Waals surface area contributed by atoms with Gasteiger partial charge in [-0.1, -0.05) is 12.1 Å². The highest BCUT2D eigenvalue weighted by atomic mass is 16.5. The molecule has 1 aliphatic rings. The van der Waals surface area contributed by atoms with Crippen LogP contribution in [-0.2, 0) is 9.59 Å². The second-order valence-corrected chi connectivity index (χ2v) is 6.90. The van der Waals surface area contributed by atoms with Gasteiger partial charge in [-0.3, -0.25) is 19.5 Å². The molecule has 7 nitrogen and oxygen atoms in total. The number of Topliss-reactive ketones (excluding diaryl/α,β-unsaturated/α-hetero) is 1. The number of aromatic nitrogens is 1. The first-order chi connectivity index (χ1) is 15.0. The number of phenolic OH excluding ortho intramolecular Hbond substituents is 1. The van der Waals surface area contributed by atoms with E-state index in [1.807, 2.05) is 6.92 Å². The topological polar surface area (TPSA) is 100.0 Å². The third-order valence-electron chi connectivity index (χ3n) is 5.05. The van der Waals surface area contributed by atoms with Crippen molar-refractivity contribution in [3.05, 3.63) is 89.8 Å². The number of anilines is 1. The lowest BCUT2D eigenvalue weighted by Crippen LogP contribution is -2.29. The Morgan fingerprint density at radius 3 is 2.35 bits per heavy atom. The molecule has 0 bridgehead atoms. The lowest BCUT2D eigenvalue weighted by molar-refractivity contribution is -0.132. The Bertz CT molecular complexity index is 1160. The molecule has 1 saturated heterocycles. The van der Waals surface area contributed by atoms with E-state index in [-0.39, 0.29) is 22.8 Å². The number of hydrogen-bond acceptors (Lipinski definition) is 6. The molecule has 1 aliphatic heterocycles. The number of benzene rings is 2. The number of aliphatic hydroxyl groups excluding tert-OH is 1. The van der Waals surface area contributed by atoms with E-state index in [9.17, 15) is 19.8 Å². The fourth-order valence-electron chi connectivity index (χ4n) is 3.64. The molecule has 1 fully saturated rings. The van der Waals surface area contributed by atoms with Gasteiger partial charge in [-0.25, -0.2) is 0 Å². The Morgan fingerprint density at radius 1 is 1.03 bits per heavy atom. The van der Waals surface area contributed by atoms with Crippen molar-refractivity contribution < 1.29 is 24.5 Å². The van der Waals surface area contributed by atoms with E-state index in [1.165, 1.54) is 23.4 Å². The van der Waals surface area contributed by atoms with Crippen molar-refractivity contribution >= 4 is 23.1 Å². The lowest BCUT2D eigenvalue weighted by Gasteiger charge is -2.25.